The molecule has 5 rings (SSSR count). The van der Waals surface area contributed by atoms with Gasteiger partial charge in [-0.3, -0.25) is 4.79 Å². The van der Waals surface area contributed by atoms with E-state index in [1.807, 2.05) is 12.1 Å². The second-order valence-electron chi connectivity index (χ2n) is 7.62. The number of amides is 1. The second kappa shape index (κ2) is 8.82. The van der Waals surface area contributed by atoms with Gasteiger partial charge in [0.15, 0.2) is 5.13 Å². The smallest absolute Gasteiger partial charge is 0.345 e. The van der Waals surface area contributed by atoms with Crippen LogP contribution in [0.15, 0.2) is 66.6 Å². The van der Waals surface area contributed by atoms with Crippen LogP contribution >= 0.6 is 22.7 Å². The summed E-state index contributed by atoms with van der Waals surface area (Å²) in [7, 11) is -3.50. The Kier molecular flexibility index (Phi) is 5.87. The fraction of sp³-hybridized carbons (Fsp3) is 0.227. The molecule has 0 saturated carbocycles. The van der Waals surface area contributed by atoms with E-state index in [1.165, 1.54) is 27.0 Å². The molecule has 1 aliphatic rings. The van der Waals surface area contributed by atoms with Crippen LogP contribution < -0.4 is 10.9 Å². The van der Waals surface area contributed by atoms with Crippen molar-refractivity contribution in [1.82, 2.24) is 9.29 Å². The number of hydrogen-bond donors (Lipinski definition) is 1. The van der Waals surface area contributed by atoms with Gasteiger partial charge in [-0.15, -0.1) is 22.7 Å². The standard InChI is InChI=1S/C22H19N3O5S3/c26-20(14-7-9-25(10-8-14)33(28,29)19-6-3-11-31-19)24-22-23-17(13-32-22)16-12-15-4-1-2-5-18(15)30-21(16)27/h1-6,11-14H,7-10H2,(H,23,24,26). The molecule has 1 aromatic carbocycles. The molecule has 0 unspecified atom stereocenters. The highest BCUT2D eigenvalue weighted by atomic mass is 32.2. The van der Waals surface area contributed by atoms with Crippen LogP contribution in [0.25, 0.3) is 22.2 Å². The van der Waals surface area contributed by atoms with E-state index < -0.39 is 15.6 Å². The van der Waals surface area contributed by atoms with Gasteiger partial charge in [-0.1, -0.05) is 24.3 Å². The Hall–Kier alpha value is -2.86. The Bertz CT molecular complexity index is 1470. The fourth-order valence-electron chi connectivity index (χ4n) is 3.80. The zero-order valence-electron chi connectivity index (χ0n) is 17.3. The van der Waals surface area contributed by atoms with Crippen molar-refractivity contribution in [3.05, 3.63) is 63.6 Å². The van der Waals surface area contributed by atoms with Crippen molar-refractivity contribution in [2.24, 2.45) is 5.92 Å². The third-order valence-electron chi connectivity index (χ3n) is 5.57. The molecule has 11 heteroatoms. The average molecular weight is 502 g/mol. The van der Waals surface area contributed by atoms with E-state index >= 15 is 0 Å². The maximum Gasteiger partial charge on any atom is 0.345 e. The predicted molar refractivity (Wildman–Crippen MR) is 128 cm³/mol. The number of aromatic nitrogens is 1. The van der Waals surface area contributed by atoms with Crippen molar-refractivity contribution in [3.8, 4) is 11.3 Å². The minimum Gasteiger partial charge on any atom is -0.422 e. The van der Waals surface area contributed by atoms with E-state index in [-0.39, 0.29) is 11.8 Å². The number of nitrogens with zero attached hydrogens (tertiary/aromatic N) is 2. The number of thiophene rings is 1. The molecule has 170 valence electrons. The molecule has 0 atom stereocenters. The van der Waals surface area contributed by atoms with Crippen LogP contribution in [0.4, 0.5) is 5.13 Å². The number of piperidine rings is 1. The van der Waals surface area contributed by atoms with Crippen LogP contribution in [-0.2, 0) is 14.8 Å². The van der Waals surface area contributed by atoms with E-state index in [1.54, 1.807) is 41.1 Å². The maximum absolute atomic E-state index is 12.7. The largest absolute Gasteiger partial charge is 0.422 e. The van der Waals surface area contributed by atoms with Crippen molar-refractivity contribution in [2.75, 3.05) is 18.4 Å². The van der Waals surface area contributed by atoms with Crippen molar-refractivity contribution in [1.29, 1.82) is 0 Å². The number of carbonyl (C=O) groups is 1. The summed E-state index contributed by atoms with van der Waals surface area (Å²) in [6, 6.07) is 12.3. The lowest BCUT2D eigenvalue weighted by Crippen LogP contribution is -2.41. The summed E-state index contributed by atoms with van der Waals surface area (Å²) >= 11 is 2.41. The highest BCUT2D eigenvalue weighted by Crippen LogP contribution is 2.29. The topological polar surface area (TPSA) is 110 Å². The molecule has 0 radical (unpaired) electrons. The van der Waals surface area contributed by atoms with Gasteiger partial charge < -0.3 is 9.73 Å². The van der Waals surface area contributed by atoms with Gasteiger partial charge >= 0.3 is 5.63 Å². The number of benzene rings is 1. The van der Waals surface area contributed by atoms with Crippen molar-refractivity contribution in [2.45, 2.75) is 17.1 Å². The summed E-state index contributed by atoms with van der Waals surface area (Å²) < 4.78 is 32.4. The minimum absolute atomic E-state index is 0.199. The Labute approximate surface area is 197 Å². The van der Waals surface area contributed by atoms with Gasteiger partial charge in [0.05, 0.1) is 11.3 Å². The summed E-state index contributed by atoms with van der Waals surface area (Å²) in [6.45, 7) is 0.582. The third kappa shape index (κ3) is 4.36. The first-order valence-electron chi connectivity index (χ1n) is 10.2. The first kappa shape index (κ1) is 22.0. The van der Waals surface area contributed by atoms with E-state index in [0.717, 1.165) is 5.39 Å². The summed E-state index contributed by atoms with van der Waals surface area (Å²) in [4.78, 5) is 29.5. The third-order valence-corrected chi connectivity index (χ3v) is 9.60. The summed E-state index contributed by atoms with van der Waals surface area (Å²) in [5.74, 6) is -0.507. The van der Waals surface area contributed by atoms with Gasteiger partial charge in [0.25, 0.3) is 10.0 Å². The van der Waals surface area contributed by atoms with Crippen molar-refractivity contribution in [3.63, 3.8) is 0 Å². The zero-order valence-corrected chi connectivity index (χ0v) is 19.7. The molecular formula is C22H19N3O5S3. The number of anilines is 1. The van der Waals surface area contributed by atoms with Crippen LogP contribution in [0, 0.1) is 5.92 Å². The van der Waals surface area contributed by atoms with Crippen LogP contribution in [0.3, 0.4) is 0 Å². The van der Waals surface area contributed by atoms with Crippen molar-refractivity contribution >= 4 is 54.7 Å². The summed E-state index contributed by atoms with van der Waals surface area (Å²) in [6.07, 6.45) is 0.867. The number of para-hydroxylation sites is 1. The molecule has 33 heavy (non-hydrogen) atoms. The van der Waals surface area contributed by atoms with Gasteiger partial charge in [-0.25, -0.2) is 18.2 Å². The fourth-order valence-corrected chi connectivity index (χ4v) is 7.13. The molecule has 4 aromatic rings. The van der Waals surface area contributed by atoms with Gasteiger partial charge in [-0.05, 0) is 36.4 Å². The molecule has 0 spiro atoms. The number of thiazole rings is 1. The maximum atomic E-state index is 12.7. The minimum atomic E-state index is -3.50. The number of nitrogens with one attached hydrogen (secondary N) is 1. The molecular weight excluding hydrogens is 482 g/mol. The van der Waals surface area contributed by atoms with Crippen LogP contribution in [0.2, 0.25) is 0 Å². The number of hydrogen-bond acceptors (Lipinski definition) is 8. The zero-order chi connectivity index (χ0) is 23.0. The molecule has 1 amide bonds. The summed E-state index contributed by atoms with van der Waals surface area (Å²) in [5, 5.41) is 7.42. The van der Waals surface area contributed by atoms with Gasteiger partial charge in [-0.2, -0.15) is 4.31 Å². The average Bonchev–Trinajstić information content (AvgIpc) is 3.52. The molecule has 4 heterocycles. The molecule has 8 nitrogen and oxygen atoms in total. The monoisotopic (exact) mass is 501 g/mol. The SMILES string of the molecule is O=C(Nc1nc(-c2cc3ccccc3oc2=O)cs1)C1CCN(S(=O)(=O)c2cccs2)CC1. The quantitative estimate of drug-likeness (QED) is 0.414. The molecule has 1 fully saturated rings. The highest BCUT2D eigenvalue weighted by molar-refractivity contribution is 7.91. The first-order chi connectivity index (χ1) is 15.9. The predicted octanol–water partition coefficient (Wildman–Crippen LogP) is 4.02. The lowest BCUT2D eigenvalue weighted by atomic mass is 9.97. The normalized spacial score (nSPS) is 15.6. The Balaban J connectivity index is 1.25. The Morgan fingerprint density at radius 1 is 1.12 bits per heavy atom. The molecule has 1 N–H and O–H groups in total. The van der Waals surface area contributed by atoms with Crippen molar-refractivity contribution < 1.29 is 17.6 Å². The lowest BCUT2D eigenvalue weighted by Gasteiger charge is -2.29. The number of sulfonamides is 1. The first-order valence-corrected chi connectivity index (χ1v) is 13.4. The van der Waals surface area contributed by atoms with Crippen LogP contribution in [0.5, 0.6) is 0 Å². The van der Waals surface area contributed by atoms with Gasteiger partial charge in [0.1, 0.15) is 9.79 Å². The second-order valence-corrected chi connectivity index (χ2v) is 11.6. The Morgan fingerprint density at radius 3 is 2.67 bits per heavy atom. The van der Waals surface area contributed by atoms with E-state index in [4.69, 9.17) is 4.42 Å². The van der Waals surface area contributed by atoms with Gasteiger partial charge in [0.2, 0.25) is 5.91 Å². The molecule has 0 aliphatic carbocycles. The van der Waals surface area contributed by atoms with Crippen LogP contribution in [0.1, 0.15) is 12.8 Å². The van der Waals surface area contributed by atoms with E-state index in [2.05, 4.69) is 10.3 Å². The number of fused-ring (bicyclic) bond motifs is 1. The molecule has 1 aliphatic heterocycles. The summed E-state index contributed by atoms with van der Waals surface area (Å²) in [5.41, 5.74) is 0.780. The Morgan fingerprint density at radius 2 is 1.91 bits per heavy atom. The molecule has 3 aromatic heterocycles. The number of carbonyl (C=O) groups excluding carboxylic acids is 1. The van der Waals surface area contributed by atoms with E-state index in [9.17, 15) is 18.0 Å². The molecule has 1 saturated heterocycles. The van der Waals surface area contributed by atoms with Gasteiger partial charge in [0, 0.05) is 29.8 Å². The lowest BCUT2D eigenvalue weighted by molar-refractivity contribution is -0.120. The molecule has 0 bridgehead atoms. The highest BCUT2D eigenvalue weighted by Gasteiger charge is 2.32. The van der Waals surface area contributed by atoms with Crippen LogP contribution in [-0.4, -0.2) is 36.7 Å². The number of rotatable bonds is 5. The van der Waals surface area contributed by atoms with E-state index in [0.29, 0.717) is 52.1 Å².